The number of methoxy groups -OCH3 is 1. The zero-order chi connectivity index (χ0) is 18.0. The van der Waals surface area contributed by atoms with Gasteiger partial charge in [0, 0.05) is 25.6 Å². The maximum absolute atomic E-state index is 12.1. The lowest BCUT2D eigenvalue weighted by molar-refractivity contribution is -0.0318. The molecule has 4 nitrogen and oxygen atoms in total. The third-order valence-corrected chi connectivity index (χ3v) is 5.87. The summed E-state index contributed by atoms with van der Waals surface area (Å²) in [6.45, 7) is 4.34. The Kier molecular flexibility index (Phi) is 4.98. The topological polar surface area (TPSA) is 41.9 Å². The van der Waals surface area contributed by atoms with Gasteiger partial charge in [0.2, 0.25) is 0 Å². The molecule has 26 heavy (non-hydrogen) atoms. The number of rotatable bonds is 4. The molecule has 0 radical (unpaired) electrons. The van der Waals surface area contributed by atoms with Crippen molar-refractivity contribution in [3.8, 4) is 5.75 Å². The summed E-state index contributed by atoms with van der Waals surface area (Å²) in [5.74, 6) is 1.01. The first-order chi connectivity index (χ1) is 12.7. The largest absolute Gasteiger partial charge is 0.497 e. The highest BCUT2D eigenvalue weighted by atomic mass is 16.5. The Morgan fingerprint density at radius 1 is 1.15 bits per heavy atom. The number of hydrogen-bond donors (Lipinski definition) is 1. The van der Waals surface area contributed by atoms with Crippen molar-refractivity contribution in [2.24, 2.45) is 5.92 Å². The second kappa shape index (κ2) is 7.39. The summed E-state index contributed by atoms with van der Waals surface area (Å²) in [6.07, 6.45) is 1.93. The van der Waals surface area contributed by atoms with Crippen molar-refractivity contribution in [1.29, 1.82) is 0 Å². The number of hydrogen-bond acceptors (Lipinski definition) is 4. The van der Waals surface area contributed by atoms with E-state index in [0.717, 1.165) is 62.6 Å². The normalized spacial score (nSPS) is 26.3. The molecule has 0 bridgehead atoms. The molecule has 0 saturated carbocycles. The van der Waals surface area contributed by atoms with Gasteiger partial charge in [-0.2, -0.15) is 0 Å². The van der Waals surface area contributed by atoms with Crippen LogP contribution in [0, 0.1) is 5.92 Å². The van der Waals surface area contributed by atoms with Gasteiger partial charge in [-0.25, -0.2) is 0 Å². The molecule has 0 aromatic heterocycles. The van der Waals surface area contributed by atoms with Crippen molar-refractivity contribution in [3.63, 3.8) is 0 Å². The summed E-state index contributed by atoms with van der Waals surface area (Å²) in [5.41, 5.74) is 2.21. The van der Waals surface area contributed by atoms with Crippen molar-refractivity contribution in [2.45, 2.75) is 18.4 Å². The van der Waals surface area contributed by atoms with E-state index in [0.29, 0.717) is 0 Å². The zero-order valence-electron chi connectivity index (χ0n) is 15.4. The summed E-state index contributed by atoms with van der Waals surface area (Å²) in [4.78, 5) is 2.43. The molecule has 0 amide bonds. The highest BCUT2D eigenvalue weighted by molar-refractivity contribution is 5.47. The first kappa shape index (κ1) is 17.5. The second-order valence-electron chi connectivity index (χ2n) is 7.30. The van der Waals surface area contributed by atoms with E-state index in [1.807, 2.05) is 42.5 Å². The van der Waals surface area contributed by atoms with E-state index in [9.17, 15) is 5.11 Å². The van der Waals surface area contributed by atoms with Crippen molar-refractivity contribution >= 4 is 0 Å². The Labute approximate surface area is 155 Å². The zero-order valence-corrected chi connectivity index (χ0v) is 15.4. The number of morpholine rings is 1. The predicted molar refractivity (Wildman–Crippen MR) is 102 cm³/mol. The van der Waals surface area contributed by atoms with Gasteiger partial charge in [-0.1, -0.05) is 36.4 Å². The number of ether oxygens (including phenoxy) is 2. The molecule has 1 aliphatic carbocycles. The summed E-state index contributed by atoms with van der Waals surface area (Å²) in [7, 11) is 1.69. The highest BCUT2D eigenvalue weighted by Gasteiger charge is 2.44. The average molecular weight is 353 g/mol. The van der Waals surface area contributed by atoms with Gasteiger partial charge in [0.15, 0.2) is 0 Å². The van der Waals surface area contributed by atoms with Crippen molar-refractivity contribution < 1.29 is 14.6 Å². The molecule has 4 heteroatoms. The highest BCUT2D eigenvalue weighted by Crippen LogP contribution is 2.45. The van der Waals surface area contributed by atoms with Crippen LogP contribution in [0.2, 0.25) is 0 Å². The van der Waals surface area contributed by atoms with Crippen molar-refractivity contribution in [1.82, 2.24) is 4.90 Å². The molecule has 2 atom stereocenters. The molecule has 138 valence electrons. The lowest BCUT2D eigenvalue weighted by Crippen LogP contribution is -2.48. The SMILES string of the molecule is COc1ccc2c(c1)CCC(CN1CCOCC1)C2(O)c1ccccc1. The van der Waals surface area contributed by atoms with E-state index in [1.165, 1.54) is 5.56 Å². The molecule has 2 unspecified atom stereocenters. The Bertz CT molecular complexity index is 742. The summed E-state index contributed by atoms with van der Waals surface area (Å²) in [6, 6.07) is 16.2. The summed E-state index contributed by atoms with van der Waals surface area (Å²) in [5, 5.41) is 12.1. The quantitative estimate of drug-likeness (QED) is 0.918. The van der Waals surface area contributed by atoms with Crippen LogP contribution in [0.4, 0.5) is 0 Å². The number of fused-ring (bicyclic) bond motifs is 1. The van der Waals surface area contributed by atoms with E-state index in [1.54, 1.807) is 7.11 Å². The van der Waals surface area contributed by atoms with Crippen LogP contribution in [-0.2, 0) is 16.8 Å². The third-order valence-electron chi connectivity index (χ3n) is 5.87. The van der Waals surface area contributed by atoms with Gasteiger partial charge >= 0.3 is 0 Å². The van der Waals surface area contributed by atoms with E-state index in [4.69, 9.17) is 9.47 Å². The standard InChI is InChI=1S/C22H27NO3/c1-25-20-9-10-21-17(15-20)7-8-19(16-23-11-13-26-14-12-23)22(21,24)18-5-3-2-4-6-18/h2-6,9-10,15,19,24H,7-8,11-14,16H2,1H3. The lowest BCUT2D eigenvalue weighted by atomic mass is 9.68. The monoisotopic (exact) mass is 353 g/mol. The molecule has 1 N–H and O–H groups in total. The molecule has 1 saturated heterocycles. The fraction of sp³-hybridized carbons (Fsp3) is 0.455. The average Bonchev–Trinajstić information content (AvgIpc) is 2.71. The molecule has 2 aromatic rings. The fourth-order valence-electron chi connectivity index (χ4n) is 4.44. The Morgan fingerprint density at radius 3 is 2.65 bits per heavy atom. The minimum Gasteiger partial charge on any atom is -0.497 e. The molecular formula is C22H27NO3. The molecule has 1 aliphatic heterocycles. The Morgan fingerprint density at radius 2 is 1.92 bits per heavy atom. The van der Waals surface area contributed by atoms with Crippen LogP contribution >= 0.6 is 0 Å². The van der Waals surface area contributed by atoms with E-state index < -0.39 is 5.60 Å². The van der Waals surface area contributed by atoms with Crippen LogP contribution in [0.15, 0.2) is 48.5 Å². The first-order valence-electron chi connectivity index (χ1n) is 9.47. The Hall–Kier alpha value is -1.88. The van der Waals surface area contributed by atoms with E-state index in [2.05, 4.69) is 11.0 Å². The van der Waals surface area contributed by atoms with Crippen molar-refractivity contribution in [2.75, 3.05) is 40.0 Å². The van der Waals surface area contributed by atoms with Gasteiger partial charge in [-0.15, -0.1) is 0 Å². The van der Waals surface area contributed by atoms with E-state index in [-0.39, 0.29) is 5.92 Å². The first-order valence-corrected chi connectivity index (χ1v) is 9.47. The maximum atomic E-state index is 12.1. The third kappa shape index (κ3) is 3.13. The number of aliphatic hydroxyl groups is 1. The molecule has 0 spiro atoms. The van der Waals surface area contributed by atoms with Crippen LogP contribution < -0.4 is 4.74 Å². The number of benzene rings is 2. The van der Waals surface area contributed by atoms with Crippen LogP contribution in [-0.4, -0.2) is 50.0 Å². The number of nitrogens with zero attached hydrogens (tertiary/aromatic N) is 1. The van der Waals surface area contributed by atoms with Gasteiger partial charge in [0.25, 0.3) is 0 Å². The minimum atomic E-state index is -0.973. The van der Waals surface area contributed by atoms with Crippen molar-refractivity contribution in [3.05, 3.63) is 65.2 Å². The van der Waals surface area contributed by atoms with Gasteiger partial charge < -0.3 is 14.6 Å². The minimum absolute atomic E-state index is 0.156. The second-order valence-corrected chi connectivity index (χ2v) is 7.30. The van der Waals surface area contributed by atoms with Gasteiger partial charge in [0.05, 0.1) is 20.3 Å². The Balaban J connectivity index is 1.74. The fourth-order valence-corrected chi connectivity index (χ4v) is 4.44. The molecule has 1 heterocycles. The van der Waals surface area contributed by atoms with Crippen LogP contribution in [0.1, 0.15) is 23.1 Å². The molecule has 2 aliphatic rings. The molecule has 1 fully saturated rings. The van der Waals surface area contributed by atoms with Crippen LogP contribution in [0.25, 0.3) is 0 Å². The molecular weight excluding hydrogens is 326 g/mol. The van der Waals surface area contributed by atoms with E-state index >= 15 is 0 Å². The maximum Gasteiger partial charge on any atom is 0.119 e. The predicted octanol–water partition coefficient (Wildman–Crippen LogP) is 2.83. The summed E-state index contributed by atoms with van der Waals surface area (Å²) >= 11 is 0. The van der Waals surface area contributed by atoms with Crippen LogP contribution in [0.3, 0.4) is 0 Å². The van der Waals surface area contributed by atoms with Gasteiger partial charge in [-0.3, -0.25) is 4.90 Å². The molecule has 4 rings (SSSR count). The molecule has 2 aromatic carbocycles. The van der Waals surface area contributed by atoms with Gasteiger partial charge in [0.1, 0.15) is 11.4 Å². The van der Waals surface area contributed by atoms with Crippen LogP contribution in [0.5, 0.6) is 5.75 Å². The smallest absolute Gasteiger partial charge is 0.119 e. The summed E-state index contributed by atoms with van der Waals surface area (Å²) < 4.78 is 10.9. The van der Waals surface area contributed by atoms with Gasteiger partial charge in [-0.05, 0) is 41.7 Å². The lowest BCUT2D eigenvalue weighted by Gasteiger charge is -2.44. The number of aryl methyl sites for hydroxylation is 1.